The van der Waals surface area contributed by atoms with Gasteiger partial charge in [-0.05, 0) is 34.1 Å². The average molecular weight is 393 g/mol. The minimum Gasteiger partial charge on any atom is -0.496 e. The number of amides is 1. The topological polar surface area (TPSA) is 38.8 Å². The molecule has 0 aliphatic carbocycles. The number of halogens is 2. The molecule has 4 nitrogen and oxygen atoms in total. The Kier molecular flexibility index (Phi) is 5.24. The summed E-state index contributed by atoms with van der Waals surface area (Å²) in [5.74, 6) is 0.742. The molecule has 1 aliphatic heterocycles. The van der Waals surface area contributed by atoms with Crippen LogP contribution in [0, 0.1) is 0 Å². The standard InChI is InChI=1S/C13H15Br2NO3/c1-18-12-3-2-9(6-11(12)15)13(17)16-4-5-19-8-10(16)7-14/h2-3,6,10H,4-5,7-8H2,1H3. The summed E-state index contributed by atoms with van der Waals surface area (Å²) in [5.41, 5.74) is 0.653. The van der Waals surface area contributed by atoms with Gasteiger partial charge in [-0.1, -0.05) is 15.9 Å². The first kappa shape index (κ1) is 14.8. The van der Waals surface area contributed by atoms with E-state index in [-0.39, 0.29) is 11.9 Å². The number of carbonyl (C=O) groups is 1. The van der Waals surface area contributed by atoms with Gasteiger partial charge in [0.15, 0.2) is 0 Å². The van der Waals surface area contributed by atoms with Crippen LogP contribution in [0.5, 0.6) is 5.75 Å². The van der Waals surface area contributed by atoms with Crippen LogP contribution in [0.2, 0.25) is 0 Å². The Morgan fingerprint density at radius 1 is 1.58 bits per heavy atom. The summed E-state index contributed by atoms with van der Waals surface area (Å²) in [6, 6.07) is 5.46. The number of rotatable bonds is 3. The van der Waals surface area contributed by atoms with Crippen molar-refractivity contribution < 1.29 is 14.3 Å². The van der Waals surface area contributed by atoms with Crippen LogP contribution in [0.4, 0.5) is 0 Å². The Labute approximate surface area is 129 Å². The molecule has 1 aliphatic rings. The number of morpholine rings is 1. The van der Waals surface area contributed by atoms with Crippen LogP contribution in [0.1, 0.15) is 10.4 Å². The summed E-state index contributed by atoms with van der Waals surface area (Å²) in [5, 5.41) is 0.718. The van der Waals surface area contributed by atoms with Crippen molar-refractivity contribution in [2.75, 3.05) is 32.2 Å². The molecule has 6 heteroatoms. The molecule has 0 spiro atoms. The number of alkyl halides is 1. The summed E-state index contributed by atoms with van der Waals surface area (Å²) in [4.78, 5) is 14.4. The molecular weight excluding hydrogens is 378 g/mol. The van der Waals surface area contributed by atoms with Crippen LogP contribution >= 0.6 is 31.9 Å². The van der Waals surface area contributed by atoms with E-state index in [0.29, 0.717) is 25.3 Å². The Bertz CT molecular complexity index is 467. The molecule has 0 radical (unpaired) electrons. The predicted octanol–water partition coefficient (Wildman–Crippen LogP) is 2.69. The van der Waals surface area contributed by atoms with Gasteiger partial charge in [0.05, 0.1) is 30.8 Å². The zero-order valence-electron chi connectivity index (χ0n) is 10.6. The largest absolute Gasteiger partial charge is 0.496 e. The molecule has 1 amide bonds. The molecule has 19 heavy (non-hydrogen) atoms. The number of hydrogen-bond acceptors (Lipinski definition) is 3. The second kappa shape index (κ2) is 6.72. The molecular formula is C13H15Br2NO3. The number of carbonyl (C=O) groups excluding carboxylic acids is 1. The van der Waals surface area contributed by atoms with Gasteiger partial charge in [-0.2, -0.15) is 0 Å². The first-order valence-electron chi connectivity index (χ1n) is 5.95. The average Bonchev–Trinajstić information content (AvgIpc) is 2.46. The third-order valence-electron chi connectivity index (χ3n) is 3.07. The van der Waals surface area contributed by atoms with E-state index in [9.17, 15) is 4.79 Å². The van der Waals surface area contributed by atoms with Gasteiger partial charge in [0.1, 0.15) is 5.75 Å². The van der Waals surface area contributed by atoms with Crippen LogP contribution in [0.15, 0.2) is 22.7 Å². The van der Waals surface area contributed by atoms with Crippen molar-refractivity contribution in [3.63, 3.8) is 0 Å². The molecule has 104 valence electrons. The SMILES string of the molecule is COc1ccc(C(=O)N2CCOCC2CBr)cc1Br. The van der Waals surface area contributed by atoms with Crippen LogP contribution < -0.4 is 4.74 Å². The quantitative estimate of drug-likeness (QED) is 0.742. The van der Waals surface area contributed by atoms with Gasteiger partial charge >= 0.3 is 0 Å². The molecule has 1 saturated heterocycles. The van der Waals surface area contributed by atoms with Crippen LogP contribution in [0.3, 0.4) is 0 Å². The van der Waals surface area contributed by atoms with E-state index in [0.717, 1.165) is 15.6 Å². The Morgan fingerprint density at radius 3 is 3.00 bits per heavy atom. The van der Waals surface area contributed by atoms with Crippen molar-refractivity contribution in [3.05, 3.63) is 28.2 Å². The molecule has 0 bridgehead atoms. The lowest BCUT2D eigenvalue weighted by atomic mass is 10.1. The van der Waals surface area contributed by atoms with Crippen LogP contribution in [-0.4, -0.2) is 49.0 Å². The third kappa shape index (κ3) is 3.30. The lowest BCUT2D eigenvalue weighted by Gasteiger charge is -2.34. The van der Waals surface area contributed by atoms with Gasteiger partial charge in [0.2, 0.25) is 0 Å². The number of methoxy groups -OCH3 is 1. The molecule has 1 atom stereocenters. The molecule has 1 heterocycles. The minimum absolute atomic E-state index is 0.0242. The van der Waals surface area contributed by atoms with E-state index in [1.165, 1.54) is 0 Å². The number of hydrogen-bond donors (Lipinski definition) is 0. The first-order valence-corrected chi connectivity index (χ1v) is 7.87. The van der Waals surface area contributed by atoms with Gasteiger partial charge < -0.3 is 14.4 Å². The Balaban J connectivity index is 2.20. The van der Waals surface area contributed by atoms with Crippen LogP contribution in [0.25, 0.3) is 0 Å². The Morgan fingerprint density at radius 2 is 2.37 bits per heavy atom. The van der Waals surface area contributed by atoms with Gasteiger partial charge in [0, 0.05) is 17.4 Å². The van der Waals surface area contributed by atoms with Gasteiger partial charge in [0.25, 0.3) is 5.91 Å². The molecule has 1 aromatic carbocycles. The van der Waals surface area contributed by atoms with Gasteiger partial charge in [-0.15, -0.1) is 0 Å². The molecule has 2 rings (SSSR count). The maximum absolute atomic E-state index is 12.5. The molecule has 0 aromatic heterocycles. The molecule has 1 aromatic rings. The highest BCUT2D eigenvalue weighted by atomic mass is 79.9. The second-order valence-corrected chi connectivity index (χ2v) is 5.73. The van der Waals surface area contributed by atoms with Gasteiger partial charge in [-0.3, -0.25) is 4.79 Å². The van der Waals surface area contributed by atoms with E-state index in [4.69, 9.17) is 9.47 Å². The highest BCUT2D eigenvalue weighted by Gasteiger charge is 2.27. The van der Waals surface area contributed by atoms with Crippen LogP contribution in [-0.2, 0) is 4.74 Å². The van der Waals surface area contributed by atoms with E-state index in [1.54, 1.807) is 25.3 Å². The molecule has 0 saturated carbocycles. The fraction of sp³-hybridized carbons (Fsp3) is 0.462. The van der Waals surface area contributed by atoms with E-state index < -0.39 is 0 Å². The predicted molar refractivity (Wildman–Crippen MR) is 80.1 cm³/mol. The number of benzene rings is 1. The van der Waals surface area contributed by atoms with E-state index in [1.807, 2.05) is 4.90 Å². The number of nitrogens with zero attached hydrogens (tertiary/aromatic N) is 1. The van der Waals surface area contributed by atoms with Crippen molar-refractivity contribution in [1.82, 2.24) is 4.90 Å². The van der Waals surface area contributed by atoms with Gasteiger partial charge in [-0.25, -0.2) is 0 Å². The number of ether oxygens (including phenoxy) is 2. The smallest absolute Gasteiger partial charge is 0.254 e. The van der Waals surface area contributed by atoms with E-state index >= 15 is 0 Å². The maximum Gasteiger partial charge on any atom is 0.254 e. The lowest BCUT2D eigenvalue weighted by Crippen LogP contribution is -2.49. The zero-order valence-corrected chi connectivity index (χ0v) is 13.7. The second-order valence-electron chi connectivity index (χ2n) is 4.23. The first-order chi connectivity index (χ1) is 9.17. The maximum atomic E-state index is 12.5. The van der Waals surface area contributed by atoms with Crippen molar-refractivity contribution in [3.8, 4) is 5.75 Å². The van der Waals surface area contributed by atoms with Crippen molar-refractivity contribution in [2.24, 2.45) is 0 Å². The molecule has 0 N–H and O–H groups in total. The molecule has 1 unspecified atom stereocenters. The minimum atomic E-state index is 0.0242. The summed E-state index contributed by atoms with van der Waals surface area (Å²) >= 11 is 6.83. The van der Waals surface area contributed by atoms with Crippen molar-refractivity contribution in [2.45, 2.75) is 6.04 Å². The summed E-state index contributed by atoms with van der Waals surface area (Å²) in [7, 11) is 1.60. The normalized spacial score (nSPS) is 19.3. The monoisotopic (exact) mass is 391 g/mol. The third-order valence-corrected chi connectivity index (χ3v) is 4.43. The summed E-state index contributed by atoms with van der Waals surface area (Å²) in [6.45, 7) is 1.79. The fourth-order valence-electron chi connectivity index (χ4n) is 2.02. The summed E-state index contributed by atoms with van der Waals surface area (Å²) < 4.78 is 11.3. The fourth-order valence-corrected chi connectivity index (χ4v) is 3.09. The summed E-state index contributed by atoms with van der Waals surface area (Å²) in [6.07, 6.45) is 0. The van der Waals surface area contributed by atoms with Crippen molar-refractivity contribution in [1.29, 1.82) is 0 Å². The highest BCUT2D eigenvalue weighted by Crippen LogP contribution is 2.26. The lowest BCUT2D eigenvalue weighted by molar-refractivity contribution is 0.00524. The molecule has 1 fully saturated rings. The highest BCUT2D eigenvalue weighted by molar-refractivity contribution is 9.10. The van der Waals surface area contributed by atoms with Crippen molar-refractivity contribution >= 4 is 37.8 Å². The van der Waals surface area contributed by atoms with E-state index in [2.05, 4.69) is 31.9 Å². The Hall–Kier alpha value is -0.590. The zero-order chi connectivity index (χ0) is 13.8.